The zero-order valence-corrected chi connectivity index (χ0v) is 12.9. The summed E-state index contributed by atoms with van der Waals surface area (Å²) in [6.45, 7) is 0.698. The van der Waals surface area contributed by atoms with Gasteiger partial charge in [0.2, 0.25) is 0 Å². The number of hydrogen-bond acceptors (Lipinski definition) is 4. The minimum Gasteiger partial charge on any atom is -0.495 e. The molecule has 1 saturated carbocycles. The highest BCUT2D eigenvalue weighted by Crippen LogP contribution is 2.39. The van der Waals surface area contributed by atoms with Crippen LogP contribution in [0.15, 0.2) is 18.2 Å². The molecule has 20 heavy (non-hydrogen) atoms. The molecule has 0 aromatic heterocycles. The van der Waals surface area contributed by atoms with Crippen molar-refractivity contribution in [2.24, 2.45) is 0 Å². The number of carbonyl (C=O) groups is 1. The van der Waals surface area contributed by atoms with Crippen LogP contribution in [-0.2, 0) is 0 Å². The largest absolute Gasteiger partial charge is 0.495 e. The van der Waals surface area contributed by atoms with Gasteiger partial charge in [-0.1, -0.05) is 18.9 Å². The van der Waals surface area contributed by atoms with Crippen molar-refractivity contribution in [1.82, 2.24) is 5.32 Å². The van der Waals surface area contributed by atoms with Gasteiger partial charge in [-0.25, -0.2) is 0 Å². The van der Waals surface area contributed by atoms with E-state index in [9.17, 15) is 4.79 Å². The van der Waals surface area contributed by atoms with Crippen LogP contribution in [0.2, 0.25) is 0 Å². The first kappa shape index (κ1) is 15.0. The van der Waals surface area contributed by atoms with E-state index in [2.05, 4.69) is 11.6 Å². The number of thioether (sulfide) groups is 1. The molecular weight excluding hydrogens is 272 g/mol. The molecule has 110 valence electrons. The summed E-state index contributed by atoms with van der Waals surface area (Å²) >= 11 is 1.86. The molecule has 0 bridgehead atoms. The second-order valence-electron chi connectivity index (χ2n) is 5.20. The Morgan fingerprint density at radius 3 is 2.75 bits per heavy atom. The molecule has 3 N–H and O–H groups in total. The van der Waals surface area contributed by atoms with E-state index in [-0.39, 0.29) is 10.7 Å². The number of rotatable bonds is 5. The number of anilines is 1. The molecule has 1 amide bonds. The number of hydrogen-bond donors (Lipinski definition) is 2. The Morgan fingerprint density at radius 2 is 2.15 bits per heavy atom. The molecule has 0 aliphatic heterocycles. The SMILES string of the molecule is COc1cccc(C(=O)NCC2(SC)CCCC2)c1N. The summed E-state index contributed by atoms with van der Waals surface area (Å²) < 4.78 is 5.34. The molecule has 1 aliphatic rings. The molecule has 1 aliphatic carbocycles. The standard InChI is InChI=1S/C15H22N2O2S/c1-19-12-7-5-6-11(13(12)16)14(18)17-10-15(20-2)8-3-4-9-15/h5-7H,3-4,8-10,16H2,1-2H3,(H,17,18). The first-order chi connectivity index (χ1) is 9.62. The smallest absolute Gasteiger partial charge is 0.253 e. The van der Waals surface area contributed by atoms with Crippen molar-refractivity contribution in [3.05, 3.63) is 23.8 Å². The number of para-hydroxylation sites is 1. The molecular formula is C15H22N2O2S. The van der Waals surface area contributed by atoms with E-state index in [1.165, 1.54) is 25.7 Å². The van der Waals surface area contributed by atoms with Gasteiger partial charge in [0.05, 0.1) is 18.4 Å². The Morgan fingerprint density at radius 1 is 1.45 bits per heavy atom. The lowest BCUT2D eigenvalue weighted by molar-refractivity contribution is 0.0950. The van der Waals surface area contributed by atoms with Gasteiger partial charge >= 0.3 is 0 Å². The minimum atomic E-state index is -0.123. The maximum atomic E-state index is 12.3. The fourth-order valence-electron chi connectivity index (χ4n) is 2.73. The summed E-state index contributed by atoms with van der Waals surface area (Å²) in [4.78, 5) is 12.3. The Hall–Kier alpha value is -1.36. The third-order valence-corrected chi connectivity index (χ3v) is 5.47. The van der Waals surface area contributed by atoms with Crippen LogP contribution in [0.4, 0.5) is 5.69 Å². The number of nitrogens with one attached hydrogen (secondary N) is 1. The maximum absolute atomic E-state index is 12.3. The average Bonchev–Trinajstić information content (AvgIpc) is 2.94. The highest BCUT2D eigenvalue weighted by molar-refractivity contribution is 8.00. The van der Waals surface area contributed by atoms with Crippen molar-refractivity contribution >= 4 is 23.4 Å². The highest BCUT2D eigenvalue weighted by atomic mass is 32.2. The first-order valence-electron chi connectivity index (χ1n) is 6.88. The van der Waals surface area contributed by atoms with Crippen LogP contribution in [0.25, 0.3) is 0 Å². The van der Waals surface area contributed by atoms with Crippen molar-refractivity contribution in [2.75, 3.05) is 25.6 Å². The lowest BCUT2D eigenvalue weighted by Crippen LogP contribution is -2.38. The molecule has 0 radical (unpaired) electrons. The highest BCUT2D eigenvalue weighted by Gasteiger charge is 2.33. The van der Waals surface area contributed by atoms with Crippen molar-refractivity contribution in [1.29, 1.82) is 0 Å². The zero-order valence-electron chi connectivity index (χ0n) is 12.1. The lowest BCUT2D eigenvalue weighted by Gasteiger charge is -2.27. The molecule has 4 nitrogen and oxygen atoms in total. The number of nitrogen functional groups attached to an aromatic ring is 1. The topological polar surface area (TPSA) is 64.3 Å². The van der Waals surface area contributed by atoms with Gasteiger partial charge in [-0.15, -0.1) is 0 Å². The molecule has 1 fully saturated rings. The van der Waals surface area contributed by atoms with Crippen LogP contribution in [0.5, 0.6) is 5.75 Å². The van der Waals surface area contributed by atoms with Crippen LogP contribution in [0.1, 0.15) is 36.0 Å². The molecule has 2 rings (SSSR count). The van der Waals surface area contributed by atoms with Crippen LogP contribution >= 0.6 is 11.8 Å². The number of nitrogens with two attached hydrogens (primary N) is 1. The van der Waals surface area contributed by atoms with Crippen LogP contribution < -0.4 is 15.8 Å². The van der Waals surface area contributed by atoms with Gasteiger partial charge in [0, 0.05) is 11.3 Å². The lowest BCUT2D eigenvalue weighted by atomic mass is 10.1. The van der Waals surface area contributed by atoms with Crippen LogP contribution in [0, 0.1) is 0 Å². The number of methoxy groups -OCH3 is 1. The van der Waals surface area contributed by atoms with E-state index >= 15 is 0 Å². The van der Waals surface area contributed by atoms with E-state index in [0.29, 0.717) is 23.5 Å². The van der Waals surface area contributed by atoms with Gasteiger partial charge in [0.1, 0.15) is 5.75 Å². The zero-order chi connectivity index (χ0) is 14.6. The number of carbonyl (C=O) groups excluding carboxylic acids is 1. The molecule has 5 heteroatoms. The van der Waals surface area contributed by atoms with Crippen molar-refractivity contribution in [3.8, 4) is 5.75 Å². The number of amides is 1. The van der Waals surface area contributed by atoms with E-state index in [0.717, 1.165) is 0 Å². The number of ether oxygens (including phenoxy) is 1. The predicted octanol–water partition coefficient (Wildman–Crippen LogP) is 2.68. The van der Waals surface area contributed by atoms with Gasteiger partial charge in [0.15, 0.2) is 0 Å². The Labute approximate surface area is 124 Å². The van der Waals surface area contributed by atoms with Gasteiger partial charge in [-0.3, -0.25) is 4.79 Å². The number of benzene rings is 1. The summed E-state index contributed by atoms with van der Waals surface area (Å²) in [7, 11) is 1.55. The quantitative estimate of drug-likeness (QED) is 0.820. The minimum absolute atomic E-state index is 0.123. The second-order valence-corrected chi connectivity index (χ2v) is 6.47. The van der Waals surface area contributed by atoms with Crippen molar-refractivity contribution in [3.63, 3.8) is 0 Å². The van der Waals surface area contributed by atoms with Crippen LogP contribution in [-0.4, -0.2) is 30.6 Å². The third-order valence-electron chi connectivity index (χ3n) is 4.05. The average molecular weight is 294 g/mol. The molecule has 0 unspecified atom stereocenters. The maximum Gasteiger partial charge on any atom is 0.253 e. The fraction of sp³-hybridized carbons (Fsp3) is 0.533. The summed E-state index contributed by atoms with van der Waals surface area (Å²) in [6.07, 6.45) is 6.96. The molecule has 0 saturated heterocycles. The van der Waals surface area contributed by atoms with Gasteiger partial charge in [-0.2, -0.15) is 11.8 Å². The van der Waals surface area contributed by atoms with E-state index in [1.54, 1.807) is 25.3 Å². The fourth-order valence-corrected chi connectivity index (χ4v) is 3.64. The van der Waals surface area contributed by atoms with E-state index < -0.39 is 0 Å². The molecule has 0 heterocycles. The van der Waals surface area contributed by atoms with E-state index in [1.807, 2.05) is 11.8 Å². The summed E-state index contributed by atoms with van der Waals surface area (Å²) in [5.74, 6) is 0.417. The van der Waals surface area contributed by atoms with Crippen LogP contribution in [0.3, 0.4) is 0 Å². The van der Waals surface area contributed by atoms with Crippen molar-refractivity contribution < 1.29 is 9.53 Å². The van der Waals surface area contributed by atoms with E-state index in [4.69, 9.17) is 10.5 Å². The Balaban J connectivity index is 2.05. The summed E-state index contributed by atoms with van der Waals surface area (Å²) in [5.41, 5.74) is 6.84. The summed E-state index contributed by atoms with van der Waals surface area (Å²) in [5, 5.41) is 3.03. The van der Waals surface area contributed by atoms with Gasteiger partial charge < -0.3 is 15.8 Å². The Bertz CT molecular complexity index is 485. The molecule has 1 aromatic carbocycles. The second kappa shape index (κ2) is 6.39. The first-order valence-corrected chi connectivity index (χ1v) is 8.10. The Kier molecular flexibility index (Phi) is 4.81. The van der Waals surface area contributed by atoms with Crippen molar-refractivity contribution in [2.45, 2.75) is 30.4 Å². The summed E-state index contributed by atoms with van der Waals surface area (Å²) in [6, 6.07) is 5.27. The van der Waals surface area contributed by atoms with Gasteiger partial charge in [-0.05, 0) is 31.2 Å². The van der Waals surface area contributed by atoms with Gasteiger partial charge in [0.25, 0.3) is 5.91 Å². The third kappa shape index (κ3) is 3.03. The normalized spacial score (nSPS) is 16.9. The monoisotopic (exact) mass is 294 g/mol. The molecule has 0 spiro atoms. The molecule has 1 aromatic rings. The predicted molar refractivity (Wildman–Crippen MR) is 84.5 cm³/mol. The molecule has 0 atom stereocenters.